The van der Waals surface area contributed by atoms with Gasteiger partial charge in [-0.05, 0) is 79.8 Å². The van der Waals surface area contributed by atoms with Gasteiger partial charge in [-0.2, -0.15) is 0 Å². The molecule has 1 aliphatic rings. The van der Waals surface area contributed by atoms with Gasteiger partial charge in [-0.15, -0.1) is 0 Å². The van der Waals surface area contributed by atoms with Crippen LogP contribution in [0, 0.1) is 12.7 Å². The predicted octanol–water partition coefficient (Wildman–Crippen LogP) is 6.45. The maximum atomic E-state index is 13.6. The second kappa shape index (κ2) is 8.76. The van der Waals surface area contributed by atoms with Crippen molar-refractivity contribution in [2.45, 2.75) is 29.0 Å². The summed E-state index contributed by atoms with van der Waals surface area (Å²) >= 11 is 7.25. The van der Waals surface area contributed by atoms with Gasteiger partial charge >= 0.3 is 0 Å². The topological polar surface area (TPSA) is 41.3 Å². The Balaban J connectivity index is 1.52. The predicted molar refractivity (Wildman–Crippen MR) is 128 cm³/mol. The molecular weight excluding hydrogens is 441 g/mol. The van der Waals surface area contributed by atoms with E-state index in [4.69, 9.17) is 16.6 Å². The summed E-state index contributed by atoms with van der Waals surface area (Å²) in [6.07, 6.45) is 1.76. The smallest absolute Gasteiger partial charge is 0.174 e. The van der Waals surface area contributed by atoms with Crippen LogP contribution in [-0.4, -0.2) is 10.1 Å². The highest BCUT2D eigenvalue weighted by Crippen LogP contribution is 2.43. The first-order valence-electron chi connectivity index (χ1n) is 10.2. The lowest BCUT2D eigenvalue weighted by atomic mass is 10.0. The Morgan fingerprint density at radius 2 is 1.78 bits per heavy atom. The third kappa shape index (κ3) is 4.13. The van der Waals surface area contributed by atoms with Gasteiger partial charge in [0, 0.05) is 16.8 Å². The molecule has 0 bridgehead atoms. The molecule has 7 heteroatoms. The lowest BCUT2D eigenvalue weighted by molar-refractivity contribution is 0.383. The third-order valence-corrected chi connectivity index (χ3v) is 6.58. The van der Waals surface area contributed by atoms with E-state index in [1.54, 1.807) is 30.1 Å². The molecule has 0 saturated carbocycles. The van der Waals surface area contributed by atoms with Gasteiger partial charge < -0.3 is 14.6 Å². The number of aryl methyl sites for hydroxylation is 1. The normalized spacial score (nSPS) is 18.1. The Labute approximate surface area is 195 Å². The number of halogens is 1. The molecule has 160 valence electrons. The Hall–Kier alpha value is -3.16. The van der Waals surface area contributed by atoms with E-state index in [2.05, 4.69) is 41.5 Å². The zero-order chi connectivity index (χ0) is 22.1. The number of hydrogen-bond donors (Lipinski definition) is 1. The fourth-order valence-electron chi connectivity index (χ4n) is 3.79. The van der Waals surface area contributed by atoms with Crippen LogP contribution in [0.15, 0.2) is 99.5 Å². The number of anilines is 1. The van der Waals surface area contributed by atoms with Crippen LogP contribution in [0.25, 0.3) is 0 Å². The molecule has 2 unspecified atom stereocenters. The number of hydrogen-bond acceptors (Lipinski definition) is 4. The van der Waals surface area contributed by atoms with Gasteiger partial charge in [-0.3, -0.25) is 4.98 Å². The van der Waals surface area contributed by atoms with Crippen molar-refractivity contribution in [2.24, 2.45) is 0 Å². The van der Waals surface area contributed by atoms with Crippen molar-refractivity contribution in [3.8, 4) is 0 Å². The van der Waals surface area contributed by atoms with E-state index in [-0.39, 0.29) is 17.9 Å². The largest absolute Gasteiger partial charge is 0.452 e. The van der Waals surface area contributed by atoms with Crippen molar-refractivity contribution < 1.29 is 8.81 Å². The number of rotatable bonds is 5. The lowest BCUT2D eigenvalue weighted by Crippen LogP contribution is -2.29. The van der Waals surface area contributed by atoms with E-state index in [0.717, 1.165) is 27.1 Å². The minimum Gasteiger partial charge on any atom is -0.452 e. The average Bonchev–Trinajstić information content (AvgIpc) is 3.40. The zero-order valence-corrected chi connectivity index (χ0v) is 18.9. The highest BCUT2D eigenvalue weighted by Gasteiger charge is 2.42. The maximum absolute atomic E-state index is 13.6. The summed E-state index contributed by atoms with van der Waals surface area (Å²) in [5.74, 6) is 0.464. The number of nitrogens with zero attached hydrogens (tertiary/aromatic N) is 2. The number of nitrogens with one attached hydrogen (secondary N) is 1. The second-order valence-corrected chi connectivity index (χ2v) is 9.01. The first kappa shape index (κ1) is 20.7. The molecule has 32 heavy (non-hydrogen) atoms. The van der Waals surface area contributed by atoms with E-state index < -0.39 is 0 Å². The summed E-state index contributed by atoms with van der Waals surface area (Å²) in [6.45, 7) is 2.07. The van der Waals surface area contributed by atoms with Crippen molar-refractivity contribution in [2.75, 3.05) is 4.90 Å². The van der Waals surface area contributed by atoms with Crippen LogP contribution in [0.3, 0.4) is 0 Å². The van der Waals surface area contributed by atoms with Crippen LogP contribution in [0.1, 0.15) is 29.1 Å². The molecule has 1 fully saturated rings. The second-order valence-electron chi connectivity index (χ2n) is 7.54. The SMILES string of the molecule is Cc1ccc(Sc2ccc(C3C(c4ccccn4)NC(=S)N3c3ccc(F)cc3)o2)cc1. The number of pyridine rings is 1. The third-order valence-electron chi connectivity index (χ3n) is 5.34. The van der Waals surface area contributed by atoms with E-state index >= 15 is 0 Å². The summed E-state index contributed by atoms with van der Waals surface area (Å²) < 4.78 is 19.9. The summed E-state index contributed by atoms with van der Waals surface area (Å²) in [6, 6.07) is 23.9. The zero-order valence-electron chi connectivity index (χ0n) is 17.2. The van der Waals surface area contributed by atoms with Crippen molar-refractivity contribution in [1.82, 2.24) is 10.3 Å². The molecule has 4 nitrogen and oxygen atoms in total. The summed E-state index contributed by atoms with van der Waals surface area (Å²) in [4.78, 5) is 7.61. The molecule has 0 aliphatic carbocycles. The molecule has 2 aromatic carbocycles. The van der Waals surface area contributed by atoms with Gasteiger partial charge in [-0.1, -0.05) is 35.5 Å². The monoisotopic (exact) mass is 461 g/mol. The van der Waals surface area contributed by atoms with Crippen molar-refractivity contribution in [3.05, 3.63) is 108 Å². The fourth-order valence-corrected chi connectivity index (χ4v) is 4.92. The molecule has 2 atom stereocenters. The van der Waals surface area contributed by atoms with E-state index in [1.807, 2.05) is 35.2 Å². The van der Waals surface area contributed by atoms with Gasteiger partial charge in [0.2, 0.25) is 0 Å². The molecule has 5 rings (SSSR count). The molecule has 1 aliphatic heterocycles. The molecule has 3 heterocycles. The Kier molecular flexibility index (Phi) is 5.68. The molecule has 1 saturated heterocycles. The minimum absolute atomic E-state index is 0.211. The van der Waals surface area contributed by atoms with Crippen molar-refractivity contribution in [1.29, 1.82) is 0 Å². The molecule has 2 aromatic heterocycles. The fraction of sp³-hybridized carbons (Fsp3) is 0.120. The van der Waals surface area contributed by atoms with E-state index in [1.165, 1.54) is 17.7 Å². The van der Waals surface area contributed by atoms with Crippen LogP contribution in [-0.2, 0) is 0 Å². The number of furan rings is 1. The standard InChI is InChI=1S/C25H20FN3OS2/c1-16-5-11-19(12-6-16)32-22-14-13-21(30-22)24-23(20-4-2-3-15-27-20)28-25(31)29(24)18-9-7-17(26)8-10-18/h2-15,23-24H,1H3,(H,28,31). The molecular formula is C25H20FN3OS2. The molecule has 0 radical (unpaired) electrons. The van der Waals surface area contributed by atoms with Gasteiger partial charge in [0.05, 0.1) is 11.7 Å². The summed E-state index contributed by atoms with van der Waals surface area (Å²) in [5.41, 5.74) is 2.86. The number of thiocarbonyl (C=S) groups is 1. The van der Waals surface area contributed by atoms with Crippen molar-refractivity contribution >= 4 is 34.8 Å². The van der Waals surface area contributed by atoms with Crippen LogP contribution in [0.5, 0.6) is 0 Å². The van der Waals surface area contributed by atoms with E-state index in [0.29, 0.717) is 5.11 Å². The minimum atomic E-state index is -0.292. The maximum Gasteiger partial charge on any atom is 0.174 e. The molecule has 0 amide bonds. The Bertz CT molecular complexity index is 1230. The first-order chi connectivity index (χ1) is 15.6. The molecule has 0 spiro atoms. The molecule has 4 aromatic rings. The average molecular weight is 462 g/mol. The Morgan fingerprint density at radius 3 is 2.50 bits per heavy atom. The van der Waals surface area contributed by atoms with Gasteiger partial charge in [0.25, 0.3) is 0 Å². The quantitative estimate of drug-likeness (QED) is 0.345. The summed E-state index contributed by atoms with van der Waals surface area (Å²) in [7, 11) is 0. The highest BCUT2D eigenvalue weighted by atomic mass is 32.2. The van der Waals surface area contributed by atoms with Crippen molar-refractivity contribution in [3.63, 3.8) is 0 Å². The highest BCUT2D eigenvalue weighted by molar-refractivity contribution is 7.99. The van der Waals surface area contributed by atoms with Crippen LogP contribution in [0.2, 0.25) is 0 Å². The number of benzene rings is 2. The summed E-state index contributed by atoms with van der Waals surface area (Å²) in [5, 5.41) is 4.72. The van der Waals surface area contributed by atoms with Gasteiger partial charge in [0.1, 0.15) is 17.6 Å². The lowest BCUT2D eigenvalue weighted by Gasteiger charge is -2.26. The van der Waals surface area contributed by atoms with Crippen LogP contribution in [0.4, 0.5) is 10.1 Å². The van der Waals surface area contributed by atoms with Crippen LogP contribution >= 0.6 is 24.0 Å². The Morgan fingerprint density at radius 1 is 1.00 bits per heavy atom. The van der Waals surface area contributed by atoms with E-state index in [9.17, 15) is 4.39 Å². The number of aromatic nitrogens is 1. The molecule has 1 N–H and O–H groups in total. The first-order valence-corrected chi connectivity index (χ1v) is 11.4. The van der Waals surface area contributed by atoms with Gasteiger partial charge in [-0.25, -0.2) is 4.39 Å². The van der Waals surface area contributed by atoms with Crippen LogP contribution < -0.4 is 10.2 Å². The van der Waals surface area contributed by atoms with Gasteiger partial charge in [0.15, 0.2) is 10.2 Å².